The number of hydrogen-bond acceptors (Lipinski definition) is 3. The van der Waals surface area contributed by atoms with E-state index in [2.05, 4.69) is 18.9 Å². The van der Waals surface area contributed by atoms with Crippen LogP contribution in [0.2, 0.25) is 0 Å². The Kier molecular flexibility index (Phi) is 3.62. The zero-order valence-corrected chi connectivity index (χ0v) is 10.6. The van der Waals surface area contributed by atoms with Crippen molar-refractivity contribution >= 4 is 17.0 Å². The van der Waals surface area contributed by atoms with Crippen LogP contribution in [0.25, 0.3) is 0 Å². The third kappa shape index (κ3) is 2.11. The molecule has 1 atom stereocenters. The lowest BCUT2D eigenvalue weighted by Gasteiger charge is -2.32. The Morgan fingerprint density at radius 3 is 2.53 bits per heavy atom. The molecule has 1 aliphatic heterocycles. The van der Waals surface area contributed by atoms with Gasteiger partial charge in [-0.2, -0.15) is 0 Å². The van der Waals surface area contributed by atoms with Gasteiger partial charge in [-0.3, -0.25) is 4.90 Å². The number of benzene rings is 1. The van der Waals surface area contributed by atoms with E-state index >= 15 is 0 Å². The van der Waals surface area contributed by atoms with Crippen molar-refractivity contribution in [3.8, 4) is 11.5 Å². The molecule has 3 nitrogen and oxygen atoms in total. The number of nitrogens with zero attached hydrogens (tertiary/aromatic N) is 1. The molecule has 0 saturated carbocycles. The average molecular weight is 274 g/mol. The second kappa shape index (κ2) is 4.41. The first-order valence-corrected chi connectivity index (χ1v) is 4.84. The molecule has 15 heavy (non-hydrogen) atoms. The van der Waals surface area contributed by atoms with Gasteiger partial charge in [-0.1, -0.05) is 0 Å². The molecule has 0 spiro atoms. The van der Waals surface area contributed by atoms with Crippen molar-refractivity contribution in [2.75, 3.05) is 13.6 Å². The molecule has 1 aliphatic rings. The molecular formula is C11H16BrNO2. The number of hydrogen-bond donors (Lipinski definition) is 2. The SMILES string of the molecule is Br.CC1c2cc(O)c(O)cc2CCN1C. The zero-order chi connectivity index (χ0) is 10.3. The van der Waals surface area contributed by atoms with Crippen LogP contribution >= 0.6 is 17.0 Å². The molecular weight excluding hydrogens is 258 g/mol. The quantitative estimate of drug-likeness (QED) is 0.713. The van der Waals surface area contributed by atoms with Gasteiger partial charge in [-0.05, 0) is 43.7 Å². The maximum Gasteiger partial charge on any atom is 0.157 e. The predicted octanol–water partition coefficient (Wildman–Crippen LogP) is 2.22. The van der Waals surface area contributed by atoms with Gasteiger partial charge in [0.25, 0.3) is 0 Å². The highest BCUT2D eigenvalue weighted by molar-refractivity contribution is 8.93. The molecule has 0 aliphatic carbocycles. The van der Waals surface area contributed by atoms with Crippen molar-refractivity contribution in [2.45, 2.75) is 19.4 Å². The summed E-state index contributed by atoms with van der Waals surface area (Å²) >= 11 is 0. The number of halogens is 1. The van der Waals surface area contributed by atoms with E-state index < -0.39 is 0 Å². The van der Waals surface area contributed by atoms with Gasteiger partial charge in [0.1, 0.15) is 0 Å². The van der Waals surface area contributed by atoms with Gasteiger partial charge in [0.05, 0.1) is 0 Å². The molecule has 84 valence electrons. The summed E-state index contributed by atoms with van der Waals surface area (Å²) < 4.78 is 0. The molecule has 1 heterocycles. The molecule has 1 unspecified atom stereocenters. The van der Waals surface area contributed by atoms with Crippen LogP contribution in [0.4, 0.5) is 0 Å². The third-order valence-electron chi connectivity index (χ3n) is 3.08. The maximum atomic E-state index is 9.41. The first-order valence-electron chi connectivity index (χ1n) is 4.84. The minimum absolute atomic E-state index is 0. The summed E-state index contributed by atoms with van der Waals surface area (Å²) in [6.45, 7) is 3.10. The molecule has 4 heteroatoms. The minimum atomic E-state index is -0.0223. The van der Waals surface area contributed by atoms with Crippen LogP contribution in [-0.2, 0) is 6.42 Å². The molecule has 0 fully saturated rings. The van der Waals surface area contributed by atoms with Gasteiger partial charge in [0.15, 0.2) is 11.5 Å². The Morgan fingerprint density at radius 2 is 1.87 bits per heavy atom. The summed E-state index contributed by atoms with van der Waals surface area (Å²) in [5.41, 5.74) is 2.26. The van der Waals surface area contributed by atoms with E-state index in [1.54, 1.807) is 12.1 Å². The van der Waals surface area contributed by atoms with E-state index in [-0.39, 0.29) is 28.5 Å². The van der Waals surface area contributed by atoms with Crippen molar-refractivity contribution in [3.05, 3.63) is 23.3 Å². The first-order chi connectivity index (χ1) is 6.59. The molecule has 0 amide bonds. The van der Waals surface area contributed by atoms with Gasteiger partial charge in [0, 0.05) is 12.6 Å². The number of phenols is 2. The van der Waals surface area contributed by atoms with Crippen molar-refractivity contribution in [3.63, 3.8) is 0 Å². The molecule has 1 aromatic carbocycles. The fourth-order valence-electron chi connectivity index (χ4n) is 1.97. The molecule has 1 aromatic rings. The van der Waals surface area contributed by atoms with Gasteiger partial charge in [-0.15, -0.1) is 17.0 Å². The number of aromatic hydroxyl groups is 2. The monoisotopic (exact) mass is 273 g/mol. The van der Waals surface area contributed by atoms with E-state index in [0.29, 0.717) is 6.04 Å². The summed E-state index contributed by atoms with van der Waals surface area (Å²) in [6.07, 6.45) is 0.935. The van der Waals surface area contributed by atoms with E-state index in [1.165, 1.54) is 0 Å². The van der Waals surface area contributed by atoms with Crippen molar-refractivity contribution in [2.24, 2.45) is 0 Å². The third-order valence-corrected chi connectivity index (χ3v) is 3.08. The zero-order valence-electron chi connectivity index (χ0n) is 8.90. The smallest absolute Gasteiger partial charge is 0.157 e. The Labute approximate surface area is 100 Å². The van der Waals surface area contributed by atoms with Gasteiger partial charge in [-0.25, -0.2) is 0 Å². The summed E-state index contributed by atoms with van der Waals surface area (Å²) in [7, 11) is 2.07. The highest BCUT2D eigenvalue weighted by Crippen LogP contribution is 2.35. The van der Waals surface area contributed by atoms with Crippen LogP contribution in [0.3, 0.4) is 0 Å². The van der Waals surface area contributed by atoms with Crippen LogP contribution in [0.1, 0.15) is 24.1 Å². The van der Waals surface area contributed by atoms with Gasteiger partial charge in [0.2, 0.25) is 0 Å². The topological polar surface area (TPSA) is 43.7 Å². The summed E-state index contributed by atoms with van der Waals surface area (Å²) in [5.74, 6) is -0.0357. The van der Waals surface area contributed by atoms with Crippen LogP contribution in [-0.4, -0.2) is 28.7 Å². The van der Waals surface area contributed by atoms with Gasteiger partial charge >= 0.3 is 0 Å². The standard InChI is InChI=1S/C11H15NO2.BrH/c1-7-9-6-11(14)10(13)5-8(9)3-4-12(7)2;/h5-7,13-14H,3-4H2,1-2H3;1H. The fraction of sp³-hybridized carbons (Fsp3) is 0.455. The van der Waals surface area contributed by atoms with Crippen LogP contribution in [0, 0.1) is 0 Å². The lowest BCUT2D eigenvalue weighted by atomic mass is 9.93. The summed E-state index contributed by atoms with van der Waals surface area (Å²) in [4.78, 5) is 2.23. The molecule has 2 N–H and O–H groups in total. The number of phenolic OH excluding ortho intramolecular Hbond substituents is 2. The highest BCUT2D eigenvalue weighted by atomic mass is 79.9. The Morgan fingerprint density at radius 1 is 1.27 bits per heavy atom. The molecule has 2 rings (SSSR count). The summed E-state index contributed by atoms with van der Waals surface area (Å²) in [6, 6.07) is 3.66. The second-order valence-corrected chi connectivity index (χ2v) is 3.95. The minimum Gasteiger partial charge on any atom is -0.504 e. The Bertz CT molecular complexity index is 368. The number of likely N-dealkylation sites (N-methyl/N-ethyl adjacent to an activating group) is 1. The van der Waals surface area contributed by atoms with Crippen LogP contribution in [0.5, 0.6) is 11.5 Å². The van der Waals surface area contributed by atoms with Crippen molar-refractivity contribution in [1.29, 1.82) is 0 Å². The van der Waals surface area contributed by atoms with E-state index in [9.17, 15) is 10.2 Å². The maximum absolute atomic E-state index is 9.41. The Balaban J connectivity index is 0.00000112. The summed E-state index contributed by atoms with van der Waals surface area (Å²) in [5, 5.41) is 18.8. The first kappa shape index (κ1) is 12.3. The molecule has 0 bridgehead atoms. The van der Waals surface area contributed by atoms with Gasteiger partial charge < -0.3 is 10.2 Å². The number of rotatable bonds is 0. The fourth-order valence-corrected chi connectivity index (χ4v) is 1.97. The van der Waals surface area contributed by atoms with Crippen LogP contribution in [0.15, 0.2) is 12.1 Å². The largest absolute Gasteiger partial charge is 0.504 e. The molecule has 0 aromatic heterocycles. The van der Waals surface area contributed by atoms with E-state index in [0.717, 1.165) is 24.1 Å². The molecule has 0 radical (unpaired) electrons. The van der Waals surface area contributed by atoms with E-state index in [1.807, 2.05) is 0 Å². The predicted molar refractivity (Wildman–Crippen MR) is 64.8 cm³/mol. The molecule has 0 saturated heterocycles. The van der Waals surface area contributed by atoms with Crippen molar-refractivity contribution in [1.82, 2.24) is 4.90 Å². The number of fused-ring (bicyclic) bond motifs is 1. The van der Waals surface area contributed by atoms with Crippen LogP contribution < -0.4 is 0 Å². The lowest BCUT2D eigenvalue weighted by molar-refractivity contribution is 0.246. The Hall–Kier alpha value is -0.740. The highest BCUT2D eigenvalue weighted by Gasteiger charge is 2.22. The second-order valence-electron chi connectivity index (χ2n) is 3.95. The normalized spacial score (nSPS) is 20.5. The average Bonchev–Trinajstić information content (AvgIpc) is 2.15. The van der Waals surface area contributed by atoms with E-state index in [4.69, 9.17) is 0 Å². The van der Waals surface area contributed by atoms with Crippen molar-refractivity contribution < 1.29 is 10.2 Å². The lowest BCUT2D eigenvalue weighted by Crippen LogP contribution is -2.30.